The summed E-state index contributed by atoms with van der Waals surface area (Å²) in [5, 5.41) is 0. The van der Waals surface area contributed by atoms with Crippen molar-refractivity contribution >= 4 is 28.7 Å². The number of carbonyl (C=O) groups excluding carboxylic acids is 1. The van der Waals surface area contributed by atoms with E-state index in [0.29, 0.717) is 0 Å². The topological polar surface area (TPSA) is 55.6 Å². The minimum Gasteiger partial charge on any atom is -0.496 e. The van der Waals surface area contributed by atoms with Crippen molar-refractivity contribution in [3.05, 3.63) is 59.7 Å². The molecule has 21 heavy (non-hydrogen) atoms. The first kappa shape index (κ1) is 13.2. The zero-order valence-electron chi connectivity index (χ0n) is 12.0. The van der Waals surface area contributed by atoms with Crippen LogP contribution in [0, 0.1) is 0 Å². The summed E-state index contributed by atoms with van der Waals surface area (Å²) in [6, 6.07) is 14.8. The van der Waals surface area contributed by atoms with Crippen LogP contribution in [0.5, 0.6) is 0 Å². The molecule has 0 radical (unpaired) electrons. The predicted molar refractivity (Wildman–Crippen MR) is 84.1 cm³/mol. The number of nitrogens with two attached hydrogens (primary N) is 1. The van der Waals surface area contributed by atoms with Gasteiger partial charge in [-0.1, -0.05) is 30.3 Å². The second kappa shape index (κ2) is 4.98. The number of allylic oxidation sites excluding steroid dienone is 1. The van der Waals surface area contributed by atoms with E-state index in [4.69, 9.17) is 10.5 Å². The number of para-hydroxylation sites is 2. The minimum absolute atomic E-state index is 0.514. The number of hydrogen-bond donors (Lipinski definition) is 1. The van der Waals surface area contributed by atoms with Crippen molar-refractivity contribution in [1.29, 1.82) is 0 Å². The molecule has 1 heterocycles. The number of methoxy groups -OCH3 is 1. The molecule has 4 nitrogen and oxygen atoms in total. The molecule has 0 saturated carbocycles. The summed E-state index contributed by atoms with van der Waals surface area (Å²) < 4.78 is 5.60. The van der Waals surface area contributed by atoms with Gasteiger partial charge in [0, 0.05) is 16.7 Å². The Bertz CT molecular complexity index is 750. The molecule has 0 saturated heterocycles. The maximum atomic E-state index is 12.0. The van der Waals surface area contributed by atoms with E-state index in [-0.39, 0.29) is 0 Å². The summed E-state index contributed by atoms with van der Waals surface area (Å²) in [5.74, 6) is 0.752. The third-order valence-electron chi connectivity index (χ3n) is 3.70. The van der Waals surface area contributed by atoms with Gasteiger partial charge in [0.1, 0.15) is 5.76 Å². The minimum atomic E-state index is -0.514. The number of benzene rings is 2. The Morgan fingerprint density at radius 2 is 1.52 bits per heavy atom. The highest BCUT2D eigenvalue weighted by Crippen LogP contribution is 2.43. The first-order chi connectivity index (χ1) is 10.1. The van der Waals surface area contributed by atoms with E-state index < -0.39 is 6.03 Å². The summed E-state index contributed by atoms with van der Waals surface area (Å²) in [5.41, 5.74) is 9.88. The predicted octanol–water partition coefficient (Wildman–Crippen LogP) is 3.75. The van der Waals surface area contributed by atoms with Crippen molar-refractivity contribution in [3.63, 3.8) is 0 Å². The number of rotatable bonds is 1. The molecule has 2 aromatic carbocycles. The maximum Gasteiger partial charge on any atom is 0.323 e. The summed E-state index contributed by atoms with van der Waals surface area (Å²) in [4.78, 5) is 13.6. The zero-order valence-corrected chi connectivity index (χ0v) is 12.0. The van der Waals surface area contributed by atoms with Crippen LogP contribution in [0.3, 0.4) is 0 Å². The van der Waals surface area contributed by atoms with Gasteiger partial charge in [-0.15, -0.1) is 0 Å². The zero-order chi connectivity index (χ0) is 15.0. The van der Waals surface area contributed by atoms with Crippen LogP contribution < -0.4 is 10.6 Å². The number of nitrogens with zero attached hydrogens (tertiary/aromatic N) is 1. The van der Waals surface area contributed by atoms with Crippen LogP contribution in [-0.4, -0.2) is 13.1 Å². The van der Waals surface area contributed by atoms with Gasteiger partial charge in [-0.2, -0.15) is 0 Å². The fraction of sp³-hybridized carbons (Fsp3) is 0.118. The average Bonchev–Trinajstić information content (AvgIpc) is 2.59. The van der Waals surface area contributed by atoms with Gasteiger partial charge in [0.05, 0.1) is 18.5 Å². The van der Waals surface area contributed by atoms with Crippen molar-refractivity contribution in [2.75, 3.05) is 12.0 Å². The van der Waals surface area contributed by atoms with Gasteiger partial charge in [0.15, 0.2) is 0 Å². The number of urea groups is 1. The lowest BCUT2D eigenvalue weighted by molar-refractivity contribution is 0.256. The highest BCUT2D eigenvalue weighted by Gasteiger charge is 2.27. The Kier molecular flexibility index (Phi) is 3.14. The monoisotopic (exact) mass is 280 g/mol. The smallest absolute Gasteiger partial charge is 0.323 e. The lowest BCUT2D eigenvalue weighted by Gasteiger charge is -2.22. The number of carbonyl (C=O) groups is 1. The lowest BCUT2D eigenvalue weighted by Crippen LogP contribution is -2.32. The number of ether oxygens (including phenoxy) is 1. The van der Waals surface area contributed by atoms with Gasteiger partial charge in [-0.3, -0.25) is 4.90 Å². The van der Waals surface area contributed by atoms with Gasteiger partial charge in [-0.05, 0) is 25.1 Å². The quantitative estimate of drug-likeness (QED) is 0.864. The number of anilines is 2. The highest BCUT2D eigenvalue weighted by atomic mass is 16.5. The fourth-order valence-corrected chi connectivity index (χ4v) is 2.80. The van der Waals surface area contributed by atoms with Crippen LogP contribution in [0.4, 0.5) is 16.2 Å². The number of amides is 2. The highest BCUT2D eigenvalue weighted by molar-refractivity contribution is 6.08. The molecule has 4 heteroatoms. The van der Waals surface area contributed by atoms with Crippen LogP contribution in [-0.2, 0) is 4.74 Å². The maximum absolute atomic E-state index is 12.0. The van der Waals surface area contributed by atoms with Gasteiger partial charge < -0.3 is 10.5 Å². The van der Waals surface area contributed by atoms with Crippen molar-refractivity contribution < 1.29 is 9.53 Å². The summed E-state index contributed by atoms with van der Waals surface area (Å²) in [6.07, 6.45) is 0. The van der Waals surface area contributed by atoms with Crippen LogP contribution in [0.2, 0.25) is 0 Å². The van der Waals surface area contributed by atoms with Gasteiger partial charge in [-0.25, -0.2) is 4.79 Å². The van der Waals surface area contributed by atoms with E-state index in [9.17, 15) is 4.79 Å². The Hall–Kier alpha value is -2.75. The van der Waals surface area contributed by atoms with Crippen molar-refractivity contribution in [1.82, 2.24) is 0 Å². The molecule has 0 aliphatic carbocycles. The molecule has 1 aliphatic heterocycles. The molecule has 3 rings (SSSR count). The number of hydrogen-bond acceptors (Lipinski definition) is 2. The molecular weight excluding hydrogens is 264 g/mol. The van der Waals surface area contributed by atoms with Crippen molar-refractivity contribution in [2.45, 2.75) is 6.92 Å². The Balaban J connectivity index is 2.42. The molecule has 0 bridgehead atoms. The molecule has 2 amide bonds. The second-order valence-electron chi connectivity index (χ2n) is 4.87. The SMILES string of the molecule is COC1=C(C)c2ccccc2N(C(N)=O)c2ccccc21. The van der Waals surface area contributed by atoms with Crippen LogP contribution in [0.25, 0.3) is 11.3 Å². The van der Waals surface area contributed by atoms with E-state index in [1.54, 1.807) is 7.11 Å². The van der Waals surface area contributed by atoms with E-state index in [1.165, 1.54) is 4.90 Å². The third kappa shape index (κ3) is 1.96. The Labute approximate surface area is 123 Å². The van der Waals surface area contributed by atoms with E-state index in [2.05, 4.69) is 0 Å². The fourth-order valence-electron chi connectivity index (χ4n) is 2.80. The molecule has 1 aliphatic rings. The lowest BCUT2D eigenvalue weighted by atomic mass is 10.0. The average molecular weight is 280 g/mol. The number of primary amides is 1. The Morgan fingerprint density at radius 1 is 1.00 bits per heavy atom. The first-order valence-electron chi connectivity index (χ1n) is 6.68. The van der Waals surface area contributed by atoms with Crippen LogP contribution in [0.1, 0.15) is 18.1 Å². The molecule has 0 unspecified atom stereocenters. The van der Waals surface area contributed by atoms with Gasteiger partial charge in [0.2, 0.25) is 0 Å². The summed E-state index contributed by atoms with van der Waals surface area (Å²) >= 11 is 0. The number of fused-ring (bicyclic) bond motifs is 2. The van der Waals surface area contributed by atoms with Crippen molar-refractivity contribution in [2.24, 2.45) is 5.73 Å². The normalized spacial score (nSPS) is 13.3. The molecule has 106 valence electrons. The molecule has 0 spiro atoms. The molecule has 0 aromatic heterocycles. The standard InChI is InChI=1S/C17H16N2O2/c1-11-12-7-3-5-9-14(12)19(17(18)20)15-10-6-4-8-13(15)16(11)21-2/h3-10H,1-2H3,(H2,18,20). The first-order valence-corrected chi connectivity index (χ1v) is 6.68. The Morgan fingerprint density at radius 3 is 2.10 bits per heavy atom. The van der Waals surface area contributed by atoms with Gasteiger partial charge in [0.25, 0.3) is 0 Å². The molecular formula is C17H16N2O2. The van der Waals surface area contributed by atoms with Crippen molar-refractivity contribution in [3.8, 4) is 0 Å². The molecule has 0 fully saturated rings. The van der Waals surface area contributed by atoms with E-state index in [0.717, 1.165) is 33.8 Å². The summed E-state index contributed by atoms with van der Waals surface area (Å²) in [7, 11) is 1.64. The molecule has 0 atom stereocenters. The largest absolute Gasteiger partial charge is 0.496 e. The molecule has 2 aromatic rings. The van der Waals surface area contributed by atoms with Gasteiger partial charge >= 0.3 is 6.03 Å². The molecule has 2 N–H and O–H groups in total. The van der Waals surface area contributed by atoms with Crippen LogP contribution in [0.15, 0.2) is 48.5 Å². The van der Waals surface area contributed by atoms with E-state index >= 15 is 0 Å². The summed E-state index contributed by atoms with van der Waals surface area (Å²) in [6.45, 7) is 1.99. The van der Waals surface area contributed by atoms with E-state index in [1.807, 2.05) is 55.5 Å². The third-order valence-corrected chi connectivity index (χ3v) is 3.70. The van der Waals surface area contributed by atoms with Crippen LogP contribution >= 0.6 is 0 Å². The second-order valence-corrected chi connectivity index (χ2v) is 4.87.